The van der Waals surface area contributed by atoms with Crippen LogP contribution in [0, 0.1) is 0 Å². The van der Waals surface area contributed by atoms with Gasteiger partial charge in [0.25, 0.3) is 0 Å². The molecule has 3 aliphatic rings. The molecule has 4 atom stereocenters. The second kappa shape index (κ2) is 8.36. The maximum atomic E-state index is 7.59. The SMILES string of the molecule is C[C@@H](c1ccccc1)[N@+]12[B-]3OC(c4ccccc4)(c4ccccc4)[C@H]1CC[C@H]2CN3c1ccccc1. The summed E-state index contributed by atoms with van der Waals surface area (Å²) in [7, 11) is -0.0551. The summed E-state index contributed by atoms with van der Waals surface area (Å²) in [6, 6.07) is 45.2. The van der Waals surface area contributed by atoms with Crippen molar-refractivity contribution in [2.45, 2.75) is 43.5 Å². The lowest BCUT2D eigenvalue weighted by molar-refractivity contribution is -0.883. The number of para-hydroxylation sites is 1. The van der Waals surface area contributed by atoms with Crippen LogP contribution in [0.4, 0.5) is 5.69 Å². The second-order valence-electron chi connectivity index (χ2n) is 10.6. The van der Waals surface area contributed by atoms with E-state index in [-0.39, 0.29) is 7.19 Å². The van der Waals surface area contributed by atoms with E-state index in [1.54, 1.807) is 0 Å². The minimum absolute atomic E-state index is 0.0551. The summed E-state index contributed by atoms with van der Waals surface area (Å²) in [5.41, 5.74) is 4.68. The largest absolute Gasteiger partial charge is 0.524 e. The van der Waals surface area contributed by atoms with E-state index in [0.29, 0.717) is 18.1 Å². The Balaban J connectivity index is 1.49. The van der Waals surface area contributed by atoms with Gasteiger partial charge < -0.3 is 13.9 Å². The average molecular weight is 471 g/mol. The van der Waals surface area contributed by atoms with Gasteiger partial charge >= 0.3 is 7.19 Å². The molecule has 3 heterocycles. The fourth-order valence-corrected chi connectivity index (χ4v) is 7.77. The van der Waals surface area contributed by atoms with E-state index in [4.69, 9.17) is 4.65 Å². The molecule has 4 aromatic rings. The van der Waals surface area contributed by atoms with Gasteiger partial charge in [0, 0.05) is 30.6 Å². The molecule has 0 bridgehead atoms. The lowest BCUT2D eigenvalue weighted by atomic mass is 9.78. The smallest absolute Gasteiger partial charge is 0.410 e. The molecule has 3 saturated heterocycles. The van der Waals surface area contributed by atoms with Crippen molar-refractivity contribution in [1.29, 1.82) is 0 Å². The first kappa shape index (κ1) is 21.9. The third-order valence-corrected chi connectivity index (χ3v) is 9.21. The predicted molar refractivity (Wildman–Crippen MR) is 146 cm³/mol. The molecule has 0 unspecified atom stereocenters. The standard InChI is InChI=1S/C32H32BN2O/c1-25(26-14-6-2-7-15-26)35-30-22-23-31(35)32(27-16-8-3-9-17-27,28-18-10-4-11-19-28)36-33(35)34(24-30)29-20-12-5-13-21-29/h2-21,25,30-31H,22-24H2,1H3/t25-,30-,31+,35+/m0/s1. The molecule has 36 heavy (non-hydrogen) atoms. The topological polar surface area (TPSA) is 12.5 Å². The summed E-state index contributed by atoms with van der Waals surface area (Å²) in [6.07, 6.45) is 2.37. The van der Waals surface area contributed by atoms with Crippen molar-refractivity contribution in [3.8, 4) is 0 Å². The molecule has 3 nitrogen and oxygen atoms in total. The van der Waals surface area contributed by atoms with E-state index >= 15 is 0 Å². The van der Waals surface area contributed by atoms with E-state index in [2.05, 4.69) is 133 Å². The van der Waals surface area contributed by atoms with E-state index in [1.807, 2.05) is 0 Å². The molecule has 4 aromatic carbocycles. The summed E-state index contributed by atoms with van der Waals surface area (Å²) < 4.78 is 8.55. The Hall–Kier alpha value is -3.34. The van der Waals surface area contributed by atoms with Gasteiger partial charge in [0.1, 0.15) is 5.60 Å². The highest BCUT2D eigenvalue weighted by atomic mass is 16.5. The zero-order valence-corrected chi connectivity index (χ0v) is 20.8. The van der Waals surface area contributed by atoms with Gasteiger partial charge in [-0.15, -0.1) is 0 Å². The number of hydrogen-bond donors (Lipinski definition) is 0. The second-order valence-corrected chi connectivity index (χ2v) is 10.6. The van der Waals surface area contributed by atoms with Crippen LogP contribution in [-0.4, -0.2) is 30.2 Å². The van der Waals surface area contributed by atoms with E-state index < -0.39 is 5.60 Å². The Labute approximate surface area is 214 Å². The van der Waals surface area contributed by atoms with Crippen LogP contribution >= 0.6 is 0 Å². The fraction of sp³-hybridized carbons (Fsp3) is 0.250. The van der Waals surface area contributed by atoms with Gasteiger partial charge in [-0.25, -0.2) is 0 Å². The number of benzene rings is 4. The Morgan fingerprint density at radius 3 is 1.86 bits per heavy atom. The molecular weight excluding hydrogens is 439 g/mol. The maximum Gasteiger partial charge on any atom is 0.410 e. The number of quaternary nitrogens is 1. The minimum atomic E-state index is -0.502. The monoisotopic (exact) mass is 471 g/mol. The van der Waals surface area contributed by atoms with Crippen molar-refractivity contribution < 1.29 is 9.05 Å². The van der Waals surface area contributed by atoms with Gasteiger partial charge in [0.2, 0.25) is 0 Å². The average Bonchev–Trinajstić information content (AvgIpc) is 3.60. The Kier molecular flexibility index (Phi) is 5.09. The van der Waals surface area contributed by atoms with Gasteiger partial charge in [-0.2, -0.15) is 0 Å². The molecule has 1 radical (unpaired) electrons. The van der Waals surface area contributed by atoms with Crippen LogP contribution in [0.25, 0.3) is 0 Å². The molecule has 3 aliphatic heterocycles. The van der Waals surface area contributed by atoms with Gasteiger partial charge in [0.05, 0.1) is 18.1 Å². The molecule has 4 heteroatoms. The molecule has 7 rings (SSSR count). The lowest BCUT2D eigenvalue weighted by Gasteiger charge is -2.54. The zero-order valence-electron chi connectivity index (χ0n) is 20.8. The third-order valence-electron chi connectivity index (χ3n) is 9.21. The first-order valence-electron chi connectivity index (χ1n) is 13.3. The predicted octanol–water partition coefficient (Wildman–Crippen LogP) is 6.57. The van der Waals surface area contributed by atoms with Crippen LogP contribution in [0.1, 0.15) is 42.5 Å². The van der Waals surface area contributed by atoms with E-state index in [0.717, 1.165) is 17.4 Å². The Morgan fingerprint density at radius 2 is 1.28 bits per heavy atom. The summed E-state index contributed by atoms with van der Waals surface area (Å²) in [5.74, 6) is 0. The van der Waals surface area contributed by atoms with Gasteiger partial charge in [-0.05, 0) is 30.2 Å². The summed E-state index contributed by atoms with van der Waals surface area (Å²) in [4.78, 5) is 2.56. The van der Waals surface area contributed by atoms with Gasteiger partial charge in [-0.1, -0.05) is 109 Å². The Bertz CT molecular complexity index is 1290. The van der Waals surface area contributed by atoms with Crippen LogP contribution < -0.4 is 4.81 Å². The minimum Gasteiger partial charge on any atom is -0.524 e. The van der Waals surface area contributed by atoms with E-state index in [1.165, 1.54) is 28.8 Å². The van der Waals surface area contributed by atoms with Crippen molar-refractivity contribution in [3.05, 3.63) is 138 Å². The van der Waals surface area contributed by atoms with Crippen molar-refractivity contribution in [2.75, 3.05) is 11.4 Å². The summed E-state index contributed by atoms with van der Waals surface area (Å²) in [5, 5.41) is 0. The zero-order chi connectivity index (χ0) is 24.2. The van der Waals surface area contributed by atoms with Gasteiger partial charge in [0.15, 0.2) is 0 Å². The van der Waals surface area contributed by atoms with Crippen LogP contribution in [-0.2, 0) is 10.3 Å². The molecule has 0 spiro atoms. The highest BCUT2D eigenvalue weighted by Crippen LogP contribution is 2.62. The van der Waals surface area contributed by atoms with Gasteiger partial charge in [-0.3, -0.25) is 0 Å². The molecule has 0 aliphatic carbocycles. The number of nitrogens with zero attached hydrogens (tertiary/aromatic N) is 2. The molecule has 0 saturated carbocycles. The van der Waals surface area contributed by atoms with Crippen LogP contribution in [0.2, 0.25) is 0 Å². The van der Waals surface area contributed by atoms with Crippen LogP contribution in [0.5, 0.6) is 0 Å². The number of anilines is 1. The highest BCUT2D eigenvalue weighted by molar-refractivity contribution is 6.51. The first-order valence-corrected chi connectivity index (χ1v) is 13.3. The first-order chi connectivity index (χ1) is 17.8. The van der Waals surface area contributed by atoms with Crippen LogP contribution in [0.15, 0.2) is 121 Å². The molecule has 0 amide bonds. The Morgan fingerprint density at radius 1 is 0.750 bits per heavy atom. The molecule has 3 fully saturated rings. The summed E-state index contributed by atoms with van der Waals surface area (Å²) in [6.45, 7) is 3.47. The molecule has 179 valence electrons. The fourth-order valence-electron chi connectivity index (χ4n) is 7.77. The van der Waals surface area contributed by atoms with E-state index in [9.17, 15) is 0 Å². The summed E-state index contributed by atoms with van der Waals surface area (Å²) >= 11 is 0. The number of rotatable bonds is 5. The van der Waals surface area contributed by atoms with Crippen molar-refractivity contribution in [3.63, 3.8) is 0 Å². The van der Waals surface area contributed by atoms with Crippen molar-refractivity contribution >= 4 is 12.9 Å². The van der Waals surface area contributed by atoms with Crippen molar-refractivity contribution in [2.24, 2.45) is 0 Å². The maximum absolute atomic E-state index is 7.59. The highest BCUT2D eigenvalue weighted by Gasteiger charge is 2.70. The molecular formula is C32H32BN2O. The molecule has 0 aromatic heterocycles. The quantitative estimate of drug-likeness (QED) is 0.305. The lowest BCUT2D eigenvalue weighted by Crippen LogP contribution is -2.62. The normalized spacial score (nSPS) is 27.2. The molecule has 0 N–H and O–H groups in total. The van der Waals surface area contributed by atoms with Crippen molar-refractivity contribution in [1.82, 2.24) is 0 Å². The van der Waals surface area contributed by atoms with Crippen LogP contribution in [0.3, 0.4) is 0 Å². The number of hydrogen-bond acceptors (Lipinski definition) is 2. The third kappa shape index (κ3) is 2.89.